The SMILES string of the molecule is CCOC(=O)c1cc(C)n(/N=C/c2cc(C)cc(C)c2O)c1C.[CH3-].[Ni]. The Hall–Kier alpha value is -2.07. The van der Waals surface area contributed by atoms with Crippen LogP contribution < -0.4 is 0 Å². The van der Waals surface area contributed by atoms with Crippen molar-refractivity contribution >= 4 is 12.2 Å². The fourth-order valence-corrected chi connectivity index (χ4v) is 2.56. The molecule has 0 amide bonds. The number of rotatable bonds is 4. The van der Waals surface area contributed by atoms with Crippen LogP contribution in [0, 0.1) is 35.1 Å². The minimum absolute atomic E-state index is 0. The molecule has 2 rings (SSSR count). The summed E-state index contributed by atoms with van der Waals surface area (Å²) in [7, 11) is 0. The summed E-state index contributed by atoms with van der Waals surface area (Å²) in [6.07, 6.45) is 1.60. The van der Waals surface area contributed by atoms with Gasteiger partial charge in [-0.25, -0.2) is 9.47 Å². The maximum Gasteiger partial charge on any atom is 0.340 e. The standard InChI is InChI=1S/C18H22N2O3.CH3.Ni/c1-6-23-18(22)16-9-13(4)20(14(16)5)19-10-15-8-11(2)7-12(3)17(15)21;;/h7-10,21H,6H2,1-5H3;1H3;/q;-1;/b19-10+;;. The van der Waals surface area contributed by atoms with Crippen molar-refractivity contribution in [2.45, 2.75) is 34.6 Å². The molecule has 0 aliphatic carbocycles. The first kappa shape index (κ1) is 22.9. The van der Waals surface area contributed by atoms with E-state index < -0.39 is 0 Å². The molecule has 0 aliphatic heterocycles. The van der Waals surface area contributed by atoms with Crippen LogP contribution in [-0.4, -0.2) is 28.6 Å². The van der Waals surface area contributed by atoms with Gasteiger partial charge in [0.15, 0.2) is 0 Å². The minimum atomic E-state index is -0.351. The molecule has 1 aromatic carbocycles. The predicted molar refractivity (Wildman–Crippen MR) is 96.8 cm³/mol. The first-order chi connectivity index (χ1) is 10.8. The molecule has 5 nitrogen and oxygen atoms in total. The van der Waals surface area contributed by atoms with Gasteiger partial charge >= 0.3 is 5.97 Å². The van der Waals surface area contributed by atoms with E-state index in [2.05, 4.69) is 5.10 Å². The number of phenols is 1. The Labute approximate surface area is 159 Å². The quantitative estimate of drug-likeness (QED) is 0.374. The average Bonchev–Trinajstić information content (AvgIpc) is 2.77. The van der Waals surface area contributed by atoms with Crippen LogP contribution in [0.5, 0.6) is 5.75 Å². The molecule has 0 saturated carbocycles. The summed E-state index contributed by atoms with van der Waals surface area (Å²) >= 11 is 0. The van der Waals surface area contributed by atoms with Crippen molar-refractivity contribution in [2.75, 3.05) is 6.61 Å². The number of hydrogen-bond acceptors (Lipinski definition) is 4. The van der Waals surface area contributed by atoms with Crippen LogP contribution in [0.1, 0.15) is 45.4 Å². The van der Waals surface area contributed by atoms with Gasteiger partial charge in [-0.05, 0) is 57.9 Å². The van der Waals surface area contributed by atoms with Crippen molar-refractivity contribution in [3.05, 3.63) is 59.3 Å². The topological polar surface area (TPSA) is 63.8 Å². The van der Waals surface area contributed by atoms with E-state index in [4.69, 9.17) is 4.74 Å². The molecule has 0 bridgehead atoms. The number of benzene rings is 1. The van der Waals surface area contributed by atoms with E-state index in [0.717, 1.165) is 16.8 Å². The average molecular weight is 388 g/mol. The molecule has 1 heterocycles. The molecular weight excluding hydrogens is 363 g/mol. The fraction of sp³-hybridized carbons (Fsp3) is 0.316. The van der Waals surface area contributed by atoms with Crippen LogP contribution >= 0.6 is 0 Å². The second kappa shape index (κ2) is 9.43. The smallest absolute Gasteiger partial charge is 0.340 e. The monoisotopic (exact) mass is 387 g/mol. The Morgan fingerprint density at radius 3 is 2.48 bits per heavy atom. The van der Waals surface area contributed by atoms with E-state index in [1.807, 2.05) is 39.8 Å². The van der Waals surface area contributed by atoms with Crippen molar-refractivity contribution in [1.82, 2.24) is 4.68 Å². The number of aromatic nitrogens is 1. The van der Waals surface area contributed by atoms with Gasteiger partial charge in [0.05, 0.1) is 24.1 Å². The summed E-state index contributed by atoms with van der Waals surface area (Å²) in [4.78, 5) is 11.9. The van der Waals surface area contributed by atoms with Gasteiger partial charge in [0, 0.05) is 27.7 Å². The Balaban J connectivity index is 0.00000288. The zero-order valence-electron chi connectivity index (χ0n) is 15.5. The molecule has 6 heteroatoms. The third-order valence-electron chi connectivity index (χ3n) is 3.68. The maximum atomic E-state index is 11.9. The van der Waals surface area contributed by atoms with Crippen molar-refractivity contribution in [2.24, 2.45) is 5.10 Å². The Kier molecular flexibility index (Phi) is 8.65. The summed E-state index contributed by atoms with van der Waals surface area (Å²) in [5.74, 6) is -0.135. The number of aromatic hydroxyl groups is 1. The van der Waals surface area contributed by atoms with E-state index in [9.17, 15) is 9.90 Å². The van der Waals surface area contributed by atoms with E-state index in [1.54, 1.807) is 23.9 Å². The summed E-state index contributed by atoms with van der Waals surface area (Å²) in [6, 6.07) is 5.54. The third kappa shape index (κ3) is 4.96. The molecule has 140 valence electrons. The van der Waals surface area contributed by atoms with Gasteiger partial charge in [0.1, 0.15) is 5.75 Å². The van der Waals surface area contributed by atoms with Crippen LogP contribution in [0.25, 0.3) is 0 Å². The molecule has 0 fully saturated rings. The summed E-state index contributed by atoms with van der Waals surface area (Å²) in [6.45, 7) is 9.62. The summed E-state index contributed by atoms with van der Waals surface area (Å²) < 4.78 is 6.72. The molecule has 2 aromatic rings. The van der Waals surface area contributed by atoms with Crippen LogP contribution in [-0.2, 0) is 21.2 Å². The number of nitrogens with zero attached hydrogens (tertiary/aromatic N) is 2. The second-order valence-electron chi connectivity index (χ2n) is 5.58. The van der Waals surface area contributed by atoms with Crippen molar-refractivity contribution in [3.63, 3.8) is 0 Å². The first-order valence-electron chi connectivity index (χ1n) is 7.55. The zero-order valence-corrected chi connectivity index (χ0v) is 16.5. The number of phenolic OH excluding ortho intramolecular Hbond substituents is 1. The Morgan fingerprint density at radius 1 is 1.24 bits per heavy atom. The Bertz CT molecular complexity index is 779. The number of carbonyl (C=O) groups excluding carboxylic acids is 1. The van der Waals surface area contributed by atoms with Gasteiger partial charge in [-0.1, -0.05) is 6.07 Å². The van der Waals surface area contributed by atoms with Crippen LogP contribution in [0.15, 0.2) is 23.3 Å². The molecule has 1 N–H and O–H groups in total. The predicted octanol–water partition coefficient (Wildman–Crippen LogP) is 3.93. The molecule has 0 spiro atoms. The minimum Gasteiger partial charge on any atom is -0.507 e. The van der Waals surface area contributed by atoms with E-state index in [1.165, 1.54) is 0 Å². The second-order valence-corrected chi connectivity index (χ2v) is 5.58. The molecule has 1 aromatic heterocycles. The van der Waals surface area contributed by atoms with Crippen molar-refractivity contribution in [1.29, 1.82) is 0 Å². The van der Waals surface area contributed by atoms with Gasteiger partial charge in [0.2, 0.25) is 0 Å². The number of aryl methyl sites for hydroxylation is 3. The van der Waals surface area contributed by atoms with Crippen molar-refractivity contribution in [3.8, 4) is 5.75 Å². The molecule has 0 saturated heterocycles. The summed E-state index contributed by atoms with van der Waals surface area (Å²) in [5, 5.41) is 14.5. The number of carbonyl (C=O) groups is 1. The van der Waals surface area contributed by atoms with E-state index in [0.29, 0.717) is 23.4 Å². The van der Waals surface area contributed by atoms with Gasteiger partial charge in [-0.15, -0.1) is 0 Å². The summed E-state index contributed by atoms with van der Waals surface area (Å²) in [5.41, 5.74) is 4.54. The van der Waals surface area contributed by atoms with Crippen LogP contribution in [0.4, 0.5) is 0 Å². The van der Waals surface area contributed by atoms with Gasteiger partial charge in [-0.2, -0.15) is 5.10 Å². The first-order valence-corrected chi connectivity index (χ1v) is 7.55. The number of ether oxygens (including phenoxy) is 1. The van der Waals surface area contributed by atoms with Gasteiger partial charge < -0.3 is 17.3 Å². The van der Waals surface area contributed by atoms with Gasteiger partial charge in [-0.3, -0.25) is 0 Å². The number of esters is 1. The zero-order chi connectivity index (χ0) is 17.1. The molecule has 25 heavy (non-hydrogen) atoms. The third-order valence-corrected chi connectivity index (χ3v) is 3.68. The van der Waals surface area contributed by atoms with Crippen molar-refractivity contribution < 1.29 is 31.1 Å². The molecule has 0 atom stereocenters. The largest absolute Gasteiger partial charge is 0.507 e. The normalized spacial score (nSPS) is 10.3. The van der Waals surface area contributed by atoms with E-state index >= 15 is 0 Å². The van der Waals surface area contributed by atoms with Crippen LogP contribution in [0.3, 0.4) is 0 Å². The molecule has 0 unspecified atom stereocenters. The Morgan fingerprint density at radius 2 is 1.88 bits per heavy atom. The van der Waals surface area contributed by atoms with E-state index in [-0.39, 0.29) is 35.6 Å². The molecule has 0 radical (unpaired) electrons. The fourth-order valence-electron chi connectivity index (χ4n) is 2.56. The molecular formula is C19H25N2NiO3-. The number of hydrogen-bond donors (Lipinski definition) is 1. The van der Waals surface area contributed by atoms with Crippen LogP contribution in [0.2, 0.25) is 0 Å². The maximum absolute atomic E-state index is 11.9. The van der Waals surface area contributed by atoms with Gasteiger partial charge in [0.25, 0.3) is 0 Å². The molecule has 0 aliphatic rings.